The molecule has 0 aromatic heterocycles. The maximum atomic E-state index is 13.3. The molecule has 0 unspecified atom stereocenters. The lowest BCUT2D eigenvalue weighted by Crippen LogP contribution is -2.33. The Labute approximate surface area is 83.5 Å². The van der Waals surface area contributed by atoms with Crippen molar-refractivity contribution in [3.8, 4) is 0 Å². The monoisotopic (exact) mass is 196 g/mol. The minimum Gasteiger partial charge on any atom is -0.423 e. The van der Waals surface area contributed by atoms with E-state index in [0.717, 1.165) is 5.56 Å². The Morgan fingerprint density at radius 1 is 1.21 bits per heavy atom. The van der Waals surface area contributed by atoms with E-state index in [9.17, 15) is 4.39 Å². The van der Waals surface area contributed by atoms with Crippen LogP contribution in [0.5, 0.6) is 0 Å². The molecule has 0 amide bonds. The predicted octanol–water partition coefficient (Wildman–Crippen LogP) is 0.803. The van der Waals surface area contributed by atoms with E-state index in [-0.39, 0.29) is 10.9 Å². The molecule has 0 spiro atoms. The molecular weight excluding hydrogens is 182 g/mol. The Morgan fingerprint density at radius 2 is 1.79 bits per heavy atom. The van der Waals surface area contributed by atoms with E-state index in [1.807, 2.05) is 20.8 Å². The molecule has 1 aromatic carbocycles. The van der Waals surface area contributed by atoms with Crippen molar-refractivity contribution >= 4 is 12.6 Å². The Hall–Kier alpha value is -0.865. The molecule has 1 aromatic rings. The fourth-order valence-corrected chi connectivity index (χ4v) is 1.20. The molecule has 0 radical (unpaired) electrons. The first-order chi connectivity index (χ1) is 6.32. The zero-order chi connectivity index (χ0) is 10.9. The smallest absolute Gasteiger partial charge is 0.423 e. The second-order valence-corrected chi connectivity index (χ2v) is 4.36. The minimum absolute atomic E-state index is 0.0852. The third-order valence-electron chi connectivity index (χ3n) is 2.14. The molecule has 0 aliphatic rings. The van der Waals surface area contributed by atoms with Gasteiger partial charge in [-0.2, -0.15) is 0 Å². The maximum Gasteiger partial charge on any atom is 0.491 e. The highest BCUT2D eigenvalue weighted by atomic mass is 19.1. The van der Waals surface area contributed by atoms with Crippen molar-refractivity contribution in [2.24, 2.45) is 0 Å². The molecule has 0 aliphatic heterocycles. The van der Waals surface area contributed by atoms with Gasteiger partial charge in [0.05, 0.1) is 0 Å². The quantitative estimate of drug-likeness (QED) is 0.652. The fourth-order valence-electron chi connectivity index (χ4n) is 1.20. The van der Waals surface area contributed by atoms with Gasteiger partial charge < -0.3 is 10.0 Å². The maximum absolute atomic E-state index is 13.3. The second-order valence-electron chi connectivity index (χ2n) is 4.36. The van der Waals surface area contributed by atoms with E-state index in [0.29, 0.717) is 0 Å². The zero-order valence-corrected chi connectivity index (χ0v) is 8.58. The van der Waals surface area contributed by atoms with Gasteiger partial charge in [0.2, 0.25) is 0 Å². The third-order valence-corrected chi connectivity index (χ3v) is 2.14. The number of rotatable bonds is 1. The van der Waals surface area contributed by atoms with Crippen LogP contribution in [0.15, 0.2) is 18.2 Å². The van der Waals surface area contributed by atoms with E-state index in [1.165, 1.54) is 12.1 Å². The number of halogens is 1. The van der Waals surface area contributed by atoms with Crippen LogP contribution in [-0.2, 0) is 5.41 Å². The highest BCUT2D eigenvalue weighted by Gasteiger charge is 2.20. The first-order valence-electron chi connectivity index (χ1n) is 4.48. The van der Waals surface area contributed by atoms with E-state index < -0.39 is 12.9 Å². The molecule has 2 nitrogen and oxygen atoms in total. The summed E-state index contributed by atoms with van der Waals surface area (Å²) in [6.07, 6.45) is 0. The fraction of sp³-hybridized carbons (Fsp3) is 0.400. The molecule has 0 atom stereocenters. The van der Waals surface area contributed by atoms with Crippen LogP contribution in [-0.4, -0.2) is 17.2 Å². The van der Waals surface area contributed by atoms with E-state index in [4.69, 9.17) is 10.0 Å². The predicted molar refractivity (Wildman–Crippen MR) is 54.9 cm³/mol. The molecule has 0 fully saturated rings. The van der Waals surface area contributed by atoms with Crippen LogP contribution in [0.4, 0.5) is 4.39 Å². The van der Waals surface area contributed by atoms with Crippen molar-refractivity contribution in [3.05, 3.63) is 29.6 Å². The average molecular weight is 196 g/mol. The largest absolute Gasteiger partial charge is 0.491 e. The van der Waals surface area contributed by atoms with Gasteiger partial charge in [-0.1, -0.05) is 32.9 Å². The van der Waals surface area contributed by atoms with Crippen LogP contribution >= 0.6 is 0 Å². The van der Waals surface area contributed by atoms with E-state index in [1.54, 1.807) is 6.07 Å². The Morgan fingerprint density at radius 3 is 2.14 bits per heavy atom. The summed E-state index contributed by atoms with van der Waals surface area (Å²) < 4.78 is 13.3. The normalized spacial score (nSPS) is 11.6. The van der Waals surface area contributed by atoms with Gasteiger partial charge in [-0.3, -0.25) is 0 Å². The SMILES string of the molecule is CC(C)(C)c1ccc(B(O)O)c(F)c1. The van der Waals surface area contributed by atoms with E-state index in [2.05, 4.69) is 0 Å². The van der Waals surface area contributed by atoms with Gasteiger partial charge in [0.1, 0.15) is 5.82 Å². The number of hydrogen-bond acceptors (Lipinski definition) is 2. The second kappa shape index (κ2) is 3.71. The Balaban J connectivity index is 3.13. The van der Waals surface area contributed by atoms with Crippen molar-refractivity contribution in [2.75, 3.05) is 0 Å². The molecule has 14 heavy (non-hydrogen) atoms. The van der Waals surface area contributed by atoms with Gasteiger partial charge in [0.25, 0.3) is 0 Å². The highest BCUT2D eigenvalue weighted by molar-refractivity contribution is 6.58. The number of hydrogen-bond donors (Lipinski definition) is 2. The molecule has 0 bridgehead atoms. The average Bonchev–Trinajstić information content (AvgIpc) is 2.01. The van der Waals surface area contributed by atoms with Gasteiger partial charge in [0, 0.05) is 5.46 Å². The molecule has 0 saturated carbocycles. The van der Waals surface area contributed by atoms with Gasteiger partial charge in [-0.25, -0.2) is 4.39 Å². The topological polar surface area (TPSA) is 40.5 Å². The molecule has 1 rings (SSSR count). The van der Waals surface area contributed by atoms with Crippen molar-refractivity contribution in [3.63, 3.8) is 0 Å². The summed E-state index contributed by atoms with van der Waals surface area (Å²) in [5.41, 5.74) is 0.608. The van der Waals surface area contributed by atoms with Crippen LogP contribution in [0.2, 0.25) is 0 Å². The summed E-state index contributed by atoms with van der Waals surface area (Å²) in [6, 6.07) is 4.45. The van der Waals surface area contributed by atoms with E-state index >= 15 is 0 Å². The van der Waals surface area contributed by atoms with Crippen LogP contribution in [0.1, 0.15) is 26.3 Å². The lowest BCUT2D eigenvalue weighted by Gasteiger charge is -2.19. The van der Waals surface area contributed by atoms with Crippen LogP contribution < -0.4 is 5.46 Å². The van der Waals surface area contributed by atoms with Gasteiger partial charge in [0.15, 0.2) is 0 Å². The van der Waals surface area contributed by atoms with Crippen LogP contribution in [0, 0.1) is 5.82 Å². The van der Waals surface area contributed by atoms with Crippen LogP contribution in [0.25, 0.3) is 0 Å². The molecule has 0 saturated heterocycles. The third kappa shape index (κ3) is 2.33. The first-order valence-corrected chi connectivity index (χ1v) is 4.48. The molecule has 2 N–H and O–H groups in total. The van der Waals surface area contributed by atoms with Crippen molar-refractivity contribution in [1.29, 1.82) is 0 Å². The standard InChI is InChI=1S/C10H14BFO2/c1-10(2,3)7-4-5-8(11(13)14)9(12)6-7/h4-6,13-14H,1-3H3. The summed E-state index contributed by atoms with van der Waals surface area (Å²) in [4.78, 5) is 0. The molecule has 0 heterocycles. The summed E-state index contributed by atoms with van der Waals surface area (Å²) in [7, 11) is -1.75. The molecule has 4 heteroatoms. The first kappa shape index (κ1) is 11.2. The van der Waals surface area contributed by atoms with Crippen molar-refractivity contribution in [1.82, 2.24) is 0 Å². The van der Waals surface area contributed by atoms with Gasteiger partial charge >= 0.3 is 7.12 Å². The lowest BCUT2D eigenvalue weighted by molar-refractivity contribution is 0.422. The zero-order valence-electron chi connectivity index (χ0n) is 8.58. The van der Waals surface area contributed by atoms with Gasteiger partial charge in [-0.15, -0.1) is 0 Å². The lowest BCUT2D eigenvalue weighted by atomic mass is 9.77. The number of benzene rings is 1. The summed E-state index contributed by atoms with van der Waals surface area (Å²) in [5.74, 6) is -0.576. The summed E-state index contributed by atoms with van der Waals surface area (Å²) in [5, 5.41) is 17.6. The Bertz CT molecular complexity index is 331. The molecule has 76 valence electrons. The van der Waals surface area contributed by atoms with Crippen molar-refractivity contribution in [2.45, 2.75) is 26.2 Å². The highest BCUT2D eigenvalue weighted by Crippen LogP contribution is 2.21. The van der Waals surface area contributed by atoms with Crippen LogP contribution in [0.3, 0.4) is 0 Å². The molecule has 0 aliphatic carbocycles. The molecular formula is C10H14BFO2. The summed E-state index contributed by atoms with van der Waals surface area (Å²) in [6.45, 7) is 5.91. The van der Waals surface area contributed by atoms with Gasteiger partial charge in [-0.05, 0) is 17.0 Å². The summed E-state index contributed by atoms with van der Waals surface area (Å²) >= 11 is 0. The van der Waals surface area contributed by atoms with Crippen molar-refractivity contribution < 1.29 is 14.4 Å². The Kier molecular flexibility index (Phi) is 2.97. The minimum atomic E-state index is -1.75.